The molecule has 2 aliphatic heterocycles. The van der Waals surface area contributed by atoms with E-state index in [1.807, 2.05) is 55.5 Å². The smallest absolute Gasteiger partial charge is 0.251 e. The predicted octanol–water partition coefficient (Wildman–Crippen LogP) is 4.12. The molecule has 2 aromatic heterocycles. The van der Waals surface area contributed by atoms with Crippen LogP contribution in [0.15, 0.2) is 67.0 Å². The monoisotopic (exact) mass is 509 g/mol. The Morgan fingerprint density at radius 3 is 2.76 bits per heavy atom. The van der Waals surface area contributed by atoms with E-state index in [0.717, 1.165) is 66.3 Å². The maximum atomic E-state index is 13.3. The van der Waals surface area contributed by atoms with Gasteiger partial charge >= 0.3 is 0 Å². The van der Waals surface area contributed by atoms with Crippen molar-refractivity contribution in [3.63, 3.8) is 0 Å². The van der Waals surface area contributed by atoms with Crippen LogP contribution >= 0.6 is 0 Å². The Hall–Kier alpha value is -4.24. The van der Waals surface area contributed by atoms with Crippen LogP contribution in [0.2, 0.25) is 0 Å². The third-order valence-corrected chi connectivity index (χ3v) is 7.35. The van der Waals surface area contributed by atoms with Crippen molar-refractivity contribution in [3.05, 3.63) is 89.5 Å². The van der Waals surface area contributed by atoms with Crippen molar-refractivity contribution in [2.45, 2.75) is 37.8 Å². The van der Waals surface area contributed by atoms with Crippen LogP contribution in [0, 0.1) is 6.92 Å². The molecular weight excluding hydrogens is 478 g/mol. The molecule has 2 aromatic carbocycles. The number of benzene rings is 2. The SMILES string of the molecule is Cc1ccc2c(c1)[C@@H](NC(=O)c1cccc(NC3(c4nc(-c5ccncc5)n[nH]4)CCNCC3)c1)CCO2. The number of hydrogen-bond acceptors (Lipinski definition) is 7. The van der Waals surface area contributed by atoms with Gasteiger partial charge in [-0.05, 0) is 69.3 Å². The highest BCUT2D eigenvalue weighted by Crippen LogP contribution is 2.35. The first-order chi connectivity index (χ1) is 18.6. The molecule has 0 aliphatic carbocycles. The normalized spacial score (nSPS) is 18.2. The van der Waals surface area contributed by atoms with Gasteiger partial charge in [0.2, 0.25) is 0 Å². The molecule has 4 heterocycles. The minimum Gasteiger partial charge on any atom is -0.493 e. The number of pyridine rings is 1. The molecule has 9 heteroatoms. The Kier molecular flexibility index (Phi) is 6.51. The van der Waals surface area contributed by atoms with Gasteiger partial charge in [-0.15, -0.1) is 0 Å². The predicted molar refractivity (Wildman–Crippen MR) is 145 cm³/mol. The lowest BCUT2D eigenvalue weighted by atomic mass is 9.87. The number of aromatic nitrogens is 4. The molecule has 6 rings (SSSR count). The fraction of sp³-hybridized carbons (Fsp3) is 0.310. The zero-order chi connectivity index (χ0) is 26.0. The fourth-order valence-corrected chi connectivity index (χ4v) is 5.30. The van der Waals surface area contributed by atoms with Gasteiger partial charge in [0.1, 0.15) is 5.75 Å². The van der Waals surface area contributed by atoms with Gasteiger partial charge in [-0.25, -0.2) is 4.98 Å². The van der Waals surface area contributed by atoms with E-state index in [2.05, 4.69) is 37.2 Å². The van der Waals surface area contributed by atoms with Crippen LogP contribution in [0.5, 0.6) is 5.75 Å². The van der Waals surface area contributed by atoms with Crippen molar-refractivity contribution in [1.29, 1.82) is 0 Å². The standard InChI is InChI=1S/C29H31N7O2/c1-19-5-6-25-23(17-19)24(9-16-38-25)32-27(37)21-3-2-4-22(18-21)34-29(10-14-31-15-11-29)28-33-26(35-36-28)20-7-12-30-13-8-20/h2-8,12-13,17-18,24,31,34H,9-11,14-16H2,1H3,(H,32,37)(H,33,35,36)/t24-/m0/s1. The van der Waals surface area contributed by atoms with Crippen molar-refractivity contribution in [2.75, 3.05) is 25.0 Å². The zero-order valence-corrected chi connectivity index (χ0v) is 21.3. The maximum Gasteiger partial charge on any atom is 0.251 e. The third kappa shape index (κ3) is 4.84. The number of amides is 1. The van der Waals surface area contributed by atoms with E-state index in [1.165, 1.54) is 0 Å². The molecular formula is C29H31N7O2. The molecule has 4 aromatic rings. The Morgan fingerprint density at radius 1 is 1.08 bits per heavy atom. The van der Waals surface area contributed by atoms with Gasteiger partial charge in [0, 0.05) is 41.2 Å². The molecule has 2 aliphatic rings. The lowest BCUT2D eigenvalue weighted by molar-refractivity contribution is 0.0924. The Bertz CT molecular complexity index is 1430. The van der Waals surface area contributed by atoms with E-state index in [0.29, 0.717) is 18.0 Å². The summed E-state index contributed by atoms with van der Waals surface area (Å²) in [5.41, 5.74) is 4.12. The Labute approximate surface area is 221 Å². The highest BCUT2D eigenvalue weighted by molar-refractivity contribution is 5.95. The van der Waals surface area contributed by atoms with E-state index in [1.54, 1.807) is 12.4 Å². The minimum atomic E-state index is -0.435. The average Bonchev–Trinajstić information content (AvgIpc) is 3.46. The van der Waals surface area contributed by atoms with E-state index in [9.17, 15) is 4.79 Å². The number of carbonyl (C=O) groups is 1. The van der Waals surface area contributed by atoms with Crippen LogP contribution in [-0.4, -0.2) is 45.8 Å². The number of aromatic amines is 1. The van der Waals surface area contributed by atoms with Gasteiger partial charge < -0.3 is 20.7 Å². The highest BCUT2D eigenvalue weighted by atomic mass is 16.5. The molecule has 9 nitrogen and oxygen atoms in total. The number of H-pyrrole nitrogens is 1. The van der Waals surface area contributed by atoms with Crippen LogP contribution in [0.1, 0.15) is 52.6 Å². The van der Waals surface area contributed by atoms with Crippen molar-refractivity contribution < 1.29 is 9.53 Å². The molecule has 0 saturated carbocycles. The molecule has 38 heavy (non-hydrogen) atoms. The number of aryl methyl sites for hydroxylation is 1. The number of hydrogen-bond donors (Lipinski definition) is 4. The molecule has 1 amide bonds. The second-order valence-corrected chi connectivity index (χ2v) is 9.99. The number of ether oxygens (including phenoxy) is 1. The first-order valence-electron chi connectivity index (χ1n) is 13.1. The Morgan fingerprint density at radius 2 is 1.92 bits per heavy atom. The number of anilines is 1. The van der Waals surface area contributed by atoms with E-state index < -0.39 is 5.54 Å². The van der Waals surface area contributed by atoms with Crippen molar-refractivity contribution in [3.8, 4) is 17.1 Å². The summed E-state index contributed by atoms with van der Waals surface area (Å²) in [5.74, 6) is 2.16. The van der Waals surface area contributed by atoms with Gasteiger partial charge in [-0.2, -0.15) is 5.10 Å². The van der Waals surface area contributed by atoms with Crippen LogP contribution in [0.3, 0.4) is 0 Å². The number of carbonyl (C=O) groups excluding carboxylic acids is 1. The molecule has 1 fully saturated rings. The lowest BCUT2D eigenvalue weighted by Gasteiger charge is -2.37. The van der Waals surface area contributed by atoms with Gasteiger partial charge in [-0.1, -0.05) is 23.8 Å². The third-order valence-electron chi connectivity index (χ3n) is 7.35. The van der Waals surface area contributed by atoms with Crippen LogP contribution in [-0.2, 0) is 5.54 Å². The summed E-state index contributed by atoms with van der Waals surface area (Å²) in [6.07, 6.45) is 5.86. The molecule has 194 valence electrons. The fourth-order valence-electron chi connectivity index (χ4n) is 5.30. The van der Waals surface area contributed by atoms with Crippen molar-refractivity contribution in [1.82, 2.24) is 30.8 Å². The second-order valence-electron chi connectivity index (χ2n) is 9.99. The molecule has 0 bridgehead atoms. The van der Waals surface area contributed by atoms with Crippen LogP contribution in [0.25, 0.3) is 11.4 Å². The summed E-state index contributed by atoms with van der Waals surface area (Å²) in [6.45, 7) is 4.33. The first kappa shape index (κ1) is 24.1. The number of fused-ring (bicyclic) bond motifs is 1. The highest BCUT2D eigenvalue weighted by Gasteiger charge is 2.37. The summed E-state index contributed by atoms with van der Waals surface area (Å²) in [5, 5.41) is 18.0. The van der Waals surface area contributed by atoms with Crippen molar-refractivity contribution in [2.24, 2.45) is 0 Å². The van der Waals surface area contributed by atoms with Gasteiger partial charge in [-0.3, -0.25) is 14.9 Å². The van der Waals surface area contributed by atoms with E-state index in [4.69, 9.17) is 9.72 Å². The number of rotatable bonds is 6. The van der Waals surface area contributed by atoms with E-state index in [-0.39, 0.29) is 11.9 Å². The minimum absolute atomic E-state index is 0.0840. The van der Waals surface area contributed by atoms with Gasteiger partial charge in [0.25, 0.3) is 5.91 Å². The molecule has 1 atom stereocenters. The summed E-state index contributed by atoms with van der Waals surface area (Å²) < 4.78 is 5.80. The summed E-state index contributed by atoms with van der Waals surface area (Å²) in [6, 6.07) is 17.5. The van der Waals surface area contributed by atoms with Crippen LogP contribution < -0.4 is 20.7 Å². The average molecular weight is 510 g/mol. The lowest BCUT2D eigenvalue weighted by Crippen LogP contribution is -2.46. The summed E-state index contributed by atoms with van der Waals surface area (Å²) in [4.78, 5) is 22.3. The largest absolute Gasteiger partial charge is 0.493 e. The molecule has 0 unspecified atom stereocenters. The molecule has 0 radical (unpaired) electrons. The number of piperidine rings is 1. The molecule has 0 spiro atoms. The van der Waals surface area contributed by atoms with Crippen LogP contribution in [0.4, 0.5) is 5.69 Å². The maximum absolute atomic E-state index is 13.3. The van der Waals surface area contributed by atoms with Crippen molar-refractivity contribution >= 4 is 11.6 Å². The summed E-state index contributed by atoms with van der Waals surface area (Å²) in [7, 11) is 0. The Balaban J connectivity index is 1.23. The van der Waals surface area contributed by atoms with E-state index >= 15 is 0 Å². The van der Waals surface area contributed by atoms with Gasteiger partial charge in [0.15, 0.2) is 11.6 Å². The number of nitrogens with zero attached hydrogens (tertiary/aromatic N) is 3. The second kappa shape index (κ2) is 10.3. The number of nitrogens with one attached hydrogen (secondary N) is 4. The first-order valence-corrected chi connectivity index (χ1v) is 13.1. The summed E-state index contributed by atoms with van der Waals surface area (Å²) >= 11 is 0. The quantitative estimate of drug-likeness (QED) is 0.309. The topological polar surface area (TPSA) is 117 Å². The van der Waals surface area contributed by atoms with Gasteiger partial charge in [0.05, 0.1) is 18.2 Å². The molecule has 1 saturated heterocycles. The molecule has 4 N–H and O–H groups in total. The zero-order valence-electron chi connectivity index (χ0n) is 21.3.